The standard InChI is InChI=1S/C17H26O5/c1-10(7-11(2)13(4)18)5-6-14(19)8-15-9-16(20)12(3)17(21)22-15/h7,9,11,13-14,18-20H,5-6,8H2,1-4H3. The minimum absolute atomic E-state index is 0.0733. The Labute approximate surface area is 130 Å². The molecule has 0 saturated carbocycles. The van der Waals surface area contributed by atoms with E-state index in [1.54, 1.807) is 6.92 Å². The van der Waals surface area contributed by atoms with Crippen molar-refractivity contribution in [2.45, 2.75) is 59.2 Å². The highest BCUT2D eigenvalue weighted by atomic mass is 16.4. The summed E-state index contributed by atoms with van der Waals surface area (Å²) < 4.78 is 5.04. The van der Waals surface area contributed by atoms with Crippen molar-refractivity contribution in [3.8, 4) is 5.75 Å². The third kappa shape index (κ3) is 5.66. The van der Waals surface area contributed by atoms with Gasteiger partial charge in [0.1, 0.15) is 11.5 Å². The van der Waals surface area contributed by atoms with Crippen LogP contribution in [-0.2, 0) is 6.42 Å². The van der Waals surface area contributed by atoms with Crippen LogP contribution in [-0.4, -0.2) is 27.5 Å². The second-order valence-electron chi connectivity index (χ2n) is 6.02. The smallest absolute Gasteiger partial charge is 0.342 e. The summed E-state index contributed by atoms with van der Waals surface area (Å²) >= 11 is 0. The molecule has 1 rings (SSSR count). The maximum atomic E-state index is 11.5. The highest BCUT2D eigenvalue weighted by Crippen LogP contribution is 2.18. The first-order valence-electron chi connectivity index (χ1n) is 7.56. The molecule has 3 atom stereocenters. The van der Waals surface area contributed by atoms with Gasteiger partial charge in [-0.05, 0) is 39.5 Å². The molecule has 1 aromatic heterocycles. The number of aliphatic hydroxyl groups excluding tert-OH is 2. The Hall–Kier alpha value is -1.59. The zero-order valence-electron chi connectivity index (χ0n) is 13.7. The molecule has 0 aliphatic carbocycles. The first-order valence-corrected chi connectivity index (χ1v) is 7.56. The molecular formula is C17H26O5. The molecule has 22 heavy (non-hydrogen) atoms. The van der Waals surface area contributed by atoms with Crippen LogP contribution in [0.25, 0.3) is 0 Å². The maximum absolute atomic E-state index is 11.5. The molecule has 0 aliphatic heterocycles. The topological polar surface area (TPSA) is 90.9 Å². The zero-order chi connectivity index (χ0) is 16.9. The normalized spacial score (nSPS) is 16.4. The maximum Gasteiger partial charge on any atom is 0.342 e. The molecule has 0 fully saturated rings. The predicted molar refractivity (Wildman–Crippen MR) is 84.9 cm³/mol. The lowest BCUT2D eigenvalue weighted by Gasteiger charge is -2.13. The van der Waals surface area contributed by atoms with Crippen molar-refractivity contribution >= 4 is 0 Å². The van der Waals surface area contributed by atoms with Gasteiger partial charge in [0.05, 0.1) is 17.8 Å². The quantitative estimate of drug-likeness (QED) is 0.672. The van der Waals surface area contributed by atoms with Gasteiger partial charge in [-0.25, -0.2) is 4.79 Å². The van der Waals surface area contributed by atoms with Gasteiger partial charge >= 0.3 is 5.63 Å². The Bertz CT molecular complexity index is 571. The third-order valence-corrected chi connectivity index (χ3v) is 3.83. The van der Waals surface area contributed by atoms with Crippen LogP contribution in [0.3, 0.4) is 0 Å². The largest absolute Gasteiger partial charge is 0.507 e. The monoisotopic (exact) mass is 310 g/mol. The summed E-state index contributed by atoms with van der Waals surface area (Å²) in [5.74, 6) is 0.240. The van der Waals surface area contributed by atoms with Crippen molar-refractivity contribution in [1.82, 2.24) is 0 Å². The van der Waals surface area contributed by atoms with E-state index in [2.05, 4.69) is 0 Å². The zero-order valence-corrected chi connectivity index (χ0v) is 13.7. The summed E-state index contributed by atoms with van der Waals surface area (Å²) in [4.78, 5) is 11.5. The summed E-state index contributed by atoms with van der Waals surface area (Å²) in [5.41, 5.74) is 0.689. The van der Waals surface area contributed by atoms with Crippen LogP contribution < -0.4 is 5.63 Å². The van der Waals surface area contributed by atoms with Gasteiger partial charge in [-0.15, -0.1) is 0 Å². The van der Waals surface area contributed by atoms with Gasteiger partial charge in [0, 0.05) is 12.5 Å². The molecule has 0 spiro atoms. The Morgan fingerprint density at radius 3 is 2.55 bits per heavy atom. The highest BCUT2D eigenvalue weighted by Gasteiger charge is 2.12. The summed E-state index contributed by atoms with van der Waals surface area (Å²) in [7, 11) is 0. The molecular weight excluding hydrogens is 284 g/mol. The molecule has 5 nitrogen and oxygen atoms in total. The summed E-state index contributed by atoms with van der Waals surface area (Å²) in [6.07, 6.45) is 2.34. The highest BCUT2D eigenvalue weighted by molar-refractivity contribution is 5.28. The van der Waals surface area contributed by atoms with Crippen LogP contribution in [0.15, 0.2) is 26.9 Å². The van der Waals surface area contributed by atoms with Crippen LogP contribution in [0.4, 0.5) is 0 Å². The molecule has 3 unspecified atom stereocenters. The van der Waals surface area contributed by atoms with E-state index in [0.29, 0.717) is 12.8 Å². The number of aromatic hydroxyl groups is 1. The van der Waals surface area contributed by atoms with Crippen molar-refractivity contribution in [2.24, 2.45) is 5.92 Å². The van der Waals surface area contributed by atoms with Crippen molar-refractivity contribution in [3.05, 3.63) is 39.5 Å². The first-order chi connectivity index (χ1) is 10.2. The molecule has 0 aromatic carbocycles. The molecule has 1 aromatic rings. The van der Waals surface area contributed by atoms with Crippen molar-refractivity contribution < 1.29 is 19.7 Å². The van der Waals surface area contributed by atoms with Gasteiger partial charge in [-0.2, -0.15) is 0 Å². The number of allylic oxidation sites excluding steroid dienone is 1. The Morgan fingerprint density at radius 1 is 1.36 bits per heavy atom. The van der Waals surface area contributed by atoms with Crippen molar-refractivity contribution in [1.29, 1.82) is 0 Å². The molecule has 5 heteroatoms. The number of hydrogen-bond acceptors (Lipinski definition) is 5. The molecule has 0 amide bonds. The van der Waals surface area contributed by atoms with Gasteiger partial charge in [-0.1, -0.05) is 18.6 Å². The number of rotatable bonds is 7. The molecule has 1 heterocycles. The molecule has 3 N–H and O–H groups in total. The Kier molecular flexibility index (Phi) is 6.84. The van der Waals surface area contributed by atoms with Gasteiger partial charge in [0.25, 0.3) is 0 Å². The van der Waals surface area contributed by atoms with Gasteiger partial charge in [0.2, 0.25) is 0 Å². The van der Waals surface area contributed by atoms with E-state index < -0.39 is 17.8 Å². The lowest BCUT2D eigenvalue weighted by Crippen LogP contribution is -2.14. The second-order valence-corrected chi connectivity index (χ2v) is 6.02. The lowest BCUT2D eigenvalue weighted by atomic mass is 9.99. The van der Waals surface area contributed by atoms with E-state index in [1.807, 2.05) is 19.9 Å². The Morgan fingerprint density at radius 2 is 2.00 bits per heavy atom. The Balaban J connectivity index is 2.57. The van der Waals surface area contributed by atoms with Crippen molar-refractivity contribution in [3.63, 3.8) is 0 Å². The van der Waals surface area contributed by atoms with E-state index >= 15 is 0 Å². The van der Waals surface area contributed by atoms with E-state index in [-0.39, 0.29) is 29.4 Å². The fourth-order valence-electron chi connectivity index (χ4n) is 2.09. The summed E-state index contributed by atoms with van der Waals surface area (Å²) in [5, 5.41) is 29.1. The average molecular weight is 310 g/mol. The van der Waals surface area contributed by atoms with E-state index in [9.17, 15) is 20.1 Å². The van der Waals surface area contributed by atoms with E-state index in [0.717, 1.165) is 5.57 Å². The van der Waals surface area contributed by atoms with Crippen LogP contribution >= 0.6 is 0 Å². The van der Waals surface area contributed by atoms with Gasteiger partial charge < -0.3 is 19.7 Å². The minimum Gasteiger partial charge on any atom is -0.507 e. The molecule has 0 aliphatic rings. The van der Waals surface area contributed by atoms with Crippen molar-refractivity contribution in [2.75, 3.05) is 0 Å². The van der Waals surface area contributed by atoms with E-state index in [4.69, 9.17) is 4.42 Å². The van der Waals surface area contributed by atoms with Crippen LogP contribution in [0.5, 0.6) is 5.75 Å². The summed E-state index contributed by atoms with van der Waals surface area (Å²) in [6, 6.07) is 1.37. The SMILES string of the molecule is CC(=CC(C)C(C)O)CCC(O)Cc1cc(O)c(C)c(=O)o1. The third-order valence-electron chi connectivity index (χ3n) is 3.83. The average Bonchev–Trinajstić information content (AvgIpc) is 2.42. The lowest BCUT2D eigenvalue weighted by molar-refractivity contribution is 0.153. The van der Waals surface area contributed by atoms with Crippen LogP contribution in [0.1, 0.15) is 44.9 Å². The fraction of sp³-hybridized carbons (Fsp3) is 0.588. The van der Waals surface area contributed by atoms with Crippen LogP contribution in [0.2, 0.25) is 0 Å². The first kappa shape index (κ1) is 18.5. The number of aliphatic hydroxyl groups is 2. The predicted octanol–water partition coefficient (Wildman–Crippen LogP) is 2.30. The molecule has 124 valence electrons. The molecule has 0 bridgehead atoms. The molecule has 0 radical (unpaired) electrons. The number of hydrogen-bond donors (Lipinski definition) is 3. The van der Waals surface area contributed by atoms with E-state index in [1.165, 1.54) is 13.0 Å². The summed E-state index contributed by atoms with van der Waals surface area (Å²) in [6.45, 7) is 7.13. The minimum atomic E-state index is -0.657. The molecule has 0 saturated heterocycles. The van der Waals surface area contributed by atoms with Gasteiger partial charge in [0.15, 0.2) is 0 Å². The second kappa shape index (κ2) is 8.15. The fourth-order valence-corrected chi connectivity index (χ4v) is 2.09. The van der Waals surface area contributed by atoms with Crippen LogP contribution in [0, 0.1) is 12.8 Å². The van der Waals surface area contributed by atoms with Gasteiger partial charge in [-0.3, -0.25) is 0 Å².